The van der Waals surface area contributed by atoms with E-state index < -0.39 is 29.5 Å². The summed E-state index contributed by atoms with van der Waals surface area (Å²) in [6.45, 7) is 0. The van der Waals surface area contributed by atoms with Gasteiger partial charge in [0.25, 0.3) is 0 Å². The number of rotatable bonds is 0. The van der Waals surface area contributed by atoms with Gasteiger partial charge in [-0.15, -0.1) is 0 Å². The van der Waals surface area contributed by atoms with E-state index in [4.69, 9.17) is 109 Å². The Kier molecular flexibility index (Phi) is 12.6. The van der Waals surface area contributed by atoms with Gasteiger partial charge in [0.15, 0.2) is 0 Å². The monoisotopic (exact) mass is 859 g/mol. The number of hydrogen-bond donors (Lipinski definition) is 0. The molecule has 0 saturated heterocycles. The minimum absolute atomic E-state index is 0. The number of hydrogen-bond acceptors (Lipinski definition) is 15. The van der Waals surface area contributed by atoms with E-state index in [2.05, 4.69) is 0 Å². The van der Waals surface area contributed by atoms with Gasteiger partial charge in [0.05, 0.1) is 0 Å². The van der Waals surface area contributed by atoms with E-state index in [9.17, 15) is 0 Å². The Hall–Kier alpha value is -3.84. The van der Waals surface area contributed by atoms with Crippen molar-refractivity contribution in [2.75, 3.05) is 0 Å². The van der Waals surface area contributed by atoms with E-state index in [1.807, 2.05) is 0 Å². The fraction of sp³-hybridized carbons (Fsp3) is 0. The predicted molar refractivity (Wildman–Crippen MR) is 102 cm³/mol. The first-order valence-corrected chi connectivity index (χ1v) is 19.2. The molecule has 0 bridgehead atoms. The van der Waals surface area contributed by atoms with Gasteiger partial charge >= 0.3 is 255 Å². The average molecular weight is 856 g/mol. The molecule has 0 aliphatic rings. The smallest absolute Gasteiger partial charge is 6.00 e. The van der Waals surface area contributed by atoms with Gasteiger partial charge in [0, 0.05) is 0 Å². The van der Waals surface area contributed by atoms with Crippen LogP contribution in [0, 0.1) is 153 Å². The minimum atomic E-state index is -5.96. The van der Waals surface area contributed by atoms with Gasteiger partial charge in [-0.2, -0.15) is 0 Å². The maximum atomic E-state index is 8.48. The summed E-state index contributed by atoms with van der Waals surface area (Å²) in [5, 5.41) is 127. The second-order valence-corrected chi connectivity index (χ2v) is 28.2. The van der Waals surface area contributed by atoms with E-state index in [1.165, 1.54) is 0 Å². The molecule has 23 heteroatoms. The standard InChI is InChI=1S/15CN.3ClH.3Fe.2Mo/c15*1-2;;;;;;;;/h;;;;;;;;;;;;;;;3*1H;;;;;/q;;;;;;;;;;;;;;;;;;3*-3;2*+6/p-3. The van der Waals surface area contributed by atoms with E-state index in [1.54, 1.807) is 0 Å². The van der Waals surface area contributed by atoms with Crippen molar-refractivity contribution < 1.29 is 71.6 Å². The molecule has 0 aromatic rings. The number of halogens is 3. The SMILES string of the molecule is N#[C][Fe-4]([Cl])([C]#N)([C]#N)([C]#N)[C]#N.N#[C][Fe-4]([Cl])([C]#N)([C]#N)([C]#N)[C]#N.N#[C][Fe-4]([Cl])([C]#N)([C]#N)([C]#N)[C]#N.[Mo+6].[Mo+6]. The summed E-state index contributed by atoms with van der Waals surface area (Å²) in [5.41, 5.74) is 0. The van der Waals surface area contributed by atoms with Crippen molar-refractivity contribution in [3.8, 4) is 74.5 Å². The Balaban J connectivity index is -0.000000140. The van der Waals surface area contributed by atoms with E-state index in [0.717, 1.165) is 74.5 Å². The maximum Gasteiger partial charge on any atom is 6.00 e. The van der Waals surface area contributed by atoms with Crippen LogP contribution in [-0.2, 0) is 71.6 Å². The van der Waals surface area contributed by atoms with Gasteiger partial charge in [0.2, 0.25) is 0 Å². The van der Waals surface area contributed by atoms with Crippen LogP contribution in [0.25, 0.3) is 0 Å². The summed E-state index contributed by atoms with van der Waals surface area (Å²) in [6, 6.07) is 0. The summed E-state index contributed by atoms with van der Waals surface area (Å²) >= 11 is 0. The third-order valence-corrected chi connectivity index (χ3v) is 15.3. The fourth-order valence-electron chi connectivity index (χ4n) is 0.530. The zero-order valence-electron chi connectivity index (χ0n) is 17.2. The predicted octanol–water partition coefficient (Wildman–Crippen LogP) is 2.31. The molecule has 0 aliphatic carbocycles. The largest absolute Gasteiger partial charge is 6.00 e. The Bertz CT molecular complexity index is 1280. The zero-order chi connectivity index (χ0) is 29.8. The van der Waals surface area contributed by atoms with Gasteiger partial charge in [-0.3, -0.25) is 0 Å². The van der Waals surface area contributed by atoms with Crippen LogP contribution in [-0.4, -0.2) is 0 Å². The molecule has 0 atom stereocenters. The molecule has 0 N–H and O–H groups in total. The molecule has 0 rings (SSSR count). The minimum Gasteiger partial charge on any atom is 6.00 e. The molecule has 0 aromatic carbocycles. The molecule has 0 spiro atoms. The molecular weight excluding hydrogens is 856 g/mol. The first-order valence-electron chi connectivity index (χ1n) is 6.41. The number of nitriles is 15. The van der Waals surface area contributed by atoms with E-state index >= 15 is 0 Å². The number of nitrogens with zero attached hydrogens (tertiary/aromatic N) is 15. The molecule has 15 nitrogen and oxygen atoms in total. The van der Waals surface area contributed by atoms with Crippen LogP contribution in [0.15, 0.2) is 0 Å². The molecule has 0 aliphatic heterocycles. The van der Waals surface area contributed by atoms with Gasteiger partial charge in [-0.1, -0.05) is 0 Å². The van der Waals surface area contributed by atoms with Crippen molar-refractivity contribution in [3.05, 3.63) is 0 Å². The molecule has 0 saturated carbocycles. The first kappa shape index (κ1) is 44.2. The van der Waals surface area contributed by atoms with Crippen molar-refractivity contribution in [2.24, 2.45) is 0 Å². The summed E-state index contributed by atoms with van der Waals surface area (Å²) in [4.78, 5) is 16.1. The topological polar surface area (TPSA) is 357 Å². The van der Waals surface area contributed by atoms with Crippen molar-refractivity contribution in [1.82, 2.24) is 0 Å². The summed E-state index contributed by atoms with van der Waals surface area (Å²) in [7, 11) is -1.92. The third kappa shape index (κ3) is 6.16. The van der Waals surface area contributed by atoms with Crippen molar-refractivity contribution in [2.45, 2.75) is 0 Å². The molecule has 0 aromatic heterocycles. The molecule has 0 radical (unpaired) electrons. The zero-order valence-corrected chi connectivity index (χ0v) is 26.8. The van der Waals surface area contributed by atoms with Crippen LogP contribution in [0.5, 0.6) is 0 Å². The third-order valence-electron chi connectivity index (χ3n) is 2.82. The molecule has 192 valence electrons. The first-order chi connectivity index (χ1) is 16.2. The Labute approximate surface area is 252 Å². The average Bonchev–Trinajstić information content (AvgIpc) is 2.98. The van der Waals surface area contributed by atoms with Crippen LogP contribution < -0.4 is 0 Å². The van der Waals surface area contributed by atoms with Crippen molar-refractivity contribution in [3.63, 3.8) is 0 Å². The van der Waals surface area contributed by atoms with E-state index in [-0.39, 0.29) is 42.1 Å². The second kappa shape index (κ2) is 10.9. The summed E-state index contributed by atoms with van der Waals surface area (Å²) < 4.78 is 0. The Morgan fingerprint density at radius 2 is 0.289 bits per heavy atom. The second-order valence-electron chi connectivity index (χ2n) is 4.84. The molecule has 0 amide bonds. The fourth-order valence-corrected chi connectivity index (χ4v) is 2.19. The molecule has 0 fully saturated rings. The van der Waals surface area contributed by atoms with Crippen molar-refractivity contribution >= 4 is 30.3 Å². The Morgan fingerprint density at radius 3 is 0.289 bits per heavy atom. The summed E-state index contributed by atoms with van der Waals surface area (Å²) in [5.74, 6) is 0. The van der Waals surface area contributed by atoms with Gasteiger partial charge in [-0.25, -0.2) is 0 Å². The van der Waals surface area contributed by atoms with Crippen LogP contribution in [0.2, 0.25) is 0 Å². The van der Waals surface area contributed by atoms with Gasteiger partial charge < -0.3 is 0 Å². The molecule has 38 heavy (non-hydrogen) atoms. The van der Waals surface area contributed by atoms with Crippen LogP contribution in [0.4, 0.5) is 0 Å². The van der Waals surface area contributed by atoms with Crippen LogP contribution in [0.1, 0.15) is 0 Å². The Morgan fingerprint density at radius 1 is 0.237 bits per heavy atom. The van der Waals surface area contributed by atoms with E-state index in [0.29, 0.717) is 0 Å². The van der Waals surface area contributed by atoms with Crippen molar-refractivity contribution in [1.29, 1.82) is 78.9 Å². The van der Waals surface area contributed by atoms with Crippen LogP contribution in [0.3, 0.4) is 0 Å². The molecule has 0 unspecified atom stereocenters. The normalized spacial score (nSPS) is 13.6. The maximum absolute atomic E-state index is 8.48. The van der Waals surface area contributed by atoms with Gasteiger partial charge in [0.1, 0.15) is 0 Å². The quantitative estimate of drug-likeness (QED) is 0.316. The molecule has 0 heterocycles. The van der Waals surface area contributed by atoms with Crippen LogP contribution >= 0.6 is 30.3 Å². The van der Waals surface area contributed by atoms with Gasteiger partial charge in [-0.05, 0) is 0 Å². The molecular formula is C15Cl3Fe3Mo2N15. The summed E-state index contributed by atoms with van der Waals surface area (Å²) in [6.07, 6.45) is 0.